The molecule has 0 aliphatic carbocycles. The summed E-state index contributed by atoms with van der Waals surface area (Å²) >= 11 is 0. The molecule has 1 saturated heterocycles. The molecule has 1 fully saturated rings. The van der Waals surface area contributed by atoms with Crippen molar-refractivity contribution in [3.63, 3.8) is 0 Å². The van der Waals surface area contributed by atoms with Crippen LogP contribution in [0.4, 0.5) is 5.69 Å². The number of benzene rings is 2. The number of hydrogen-bond acceptors (Lipinski definition) is 6. The van der Waals surface area contributed by atoms with Gasteiger partial charge in [0.1, 0.15) is 0 Å². The number of fused-ring (bicyclic) bond motifs is 2. The minimum Gasteiger partial charge on any atom is -0.375 e. The van der Waals surface area contributed by atoms with E-state index >= 15 is 0 Å². The highest BCUT2D eigenvalue weighted by atomic mass is 16.7. The van der Waals surface area contributed by atoms with Crippen LogP contribution in [0.5, 0.6) is 0 Å². The summed E-state index contributed by atoms with van der Waals surface area (Å²) in [7, 11) is 0. The predicted molar refractivity (Wildman–Crippen MR) is 170 cm³/mol. The van der Waals surface area contributed by atoms with Crippen LogP contribution in [0.15, 0.2) is 48.5 Å². The molecule has 0 radical (unpaired) electrons. The third-order valence-electron chi connectivity index (χ3n) is 7.93. The van der Waals surface area contributed by atoms with Crippen LogP contribution in [0.25, 0.3) is 12.2 Å². The molecule has 0 spiro atoms. The Labute approximate surface area is 260 Å². The Hall–Kier alpha value is -3.82. The molecule has 2 heterocycles. The second kappa shape index (κ2) is 15.8. The normalized spacial score (nSPS) is 16.2. The molecule has 4 rings (SSSR count). The van der Waals surface area contributed by atoms with Gasteiger partial charge in [0.15, 0.2) is 0 Å². The highest BCUT2D eigenvalue weighted by Crippen LogP contribution is 2.29. The van der Waals surface area contributed by atoms with Crippen LogP contribution >= 0.6 is 0 Å². The van der Waals surface area contributed by atoms with E-state index in [0.717, 1.165) is 46.7 Å². The Morgan fingerprint density at radius 3 is 2.39 bits per heavy atom. The molecule has 0 saturated carbocycles. The number of ether oxygens (including phenoxy) is 1. The van der Waals surface area contributed by atoms with E-state index in [1.54, 1.807) is 0 Å². The average molecular weight is 604 g/mol. The minimum atomic E-state index is -0.631. The molecule has 44 heavy (non-hydrogen) atoms. The van der Waals surface area contributed by atoms with Crippen LogP contribution in [0.1, 0.15) is 88.8 Å². The number of hydroxylamine groups is 2. The zero-order valence-electron chi connectivity index (χ0n) is 26.2. The van der Waals surface area contributed by atoms with Gasteiger partial charge >= 0.3 is 0 Å². The first kappa shape index (κ1) is 33.1. The SMILES string of the molecule is CC(CCOC(C)(C)CC(=O)NCCCCCC(=O)N1Cc2ccccc2/C=C\c2ccccc21)CON1C(=O)CCC1=O. The summed E-state index contributed by atoms with van der Waals surface area (Å²) in [5.74, 6) is -0.476. The Morgan fingerprint density at radius 2 is 1.61 bits per heavy atom. The summed E-state index contributed by atoms with van der Waals surface area (Å²) in [4.78, 5) is 56.5. The lowest BCUT2D eigenvalue weighted by Crippen LogP contribution is -2.35. The number of nitrogens with zero attached hydrogens (tertiary/aromatic N) is 2. The van der Waals surface area contributed by atoms with Gasteiger partial charge in [-0.2, -0.15) is 5.06 Å². The zero-order valence-corrected chi connectivity index (χ0v) is 26.2. The number of imide groups is 1. The standard InChI is InChI=1S/C35H45N3O6/c1-26(25-44-38-33(41)18-19-34(38)42)20-22-43-35(2,3)23-31(39)36-21-10-4-5-15-32(40)37-24-29-13-7-6-11-27(29)16-17-28-12-8-9-14-30(28)37/h6-9,11-14,16-17,26H,4-5,10,15,18-25H2,1-3H3,(H,36,39)/b17-16-. The molecule has 0 bridgehead atoms. The number of anilines is 1. The van der Waals surface area contributed by atoms with Crippen molar-refractivity contribution in [2.75, 3.05) is 24.7 Å². The number of hydrogen-bond donors (Lipinski definition) is 1. The summed E-state index contributed by atoms with van der Waals surface area (Å²) in [5, 5.41) is 3.85. The number of unbranched alkanes of at least 4 members (excludes halogenated alkanes) is 2. The van der Waals surface area contributed by atoms with Gasteiger partial charge in [-0.05, 0) is 61.8 Å². The third-order valence-corrected chi connectivity index (χ3v) is 7.93. The molecular weight excluding hydrogens is 558 g/mol. The first-order valence-electron chi connectivity index (χ1n) is 15.7. The molecule has 2 aliphatic heterocycles. The lowest BCUT2D eigenvalue weighted by molar-refractivity contribution is -0.191. The molecule has 2 aromatic rings. The van der Waals surface area contributed by atoms with Gasteiger partial charge in [-0.25, -0.2) is 0 Å². The third kappa shape index (κ3) is 9.59. The highest BCUT2D eigenvalue weighted by Gasteiger charge is 2.30. The van der Waals surface area contributed by atoms with Crippen molar-refractivity contribution >= 4 is 41.5 Å². The molecule has 9 nitrogen and oxygen atoms in total. The van der Waals surface area contributed by atoms with Gasteiger partial charge in [0, 0.05) is 32.4 Å². The first-order valence-corrected chi connectivity index (χ1v) is 15.7. The van der Waals surface area contributed by atoms with Gasteiger partial charge in [0.05, 0.1) is 30.9 Å². The fraction of sp³-hybridized carbons (Fsp3) is 0.486. The van der Waals surface area contributed by atoms with Crippen molar-refractivity contribution in [3.8, 4) is 0 Å². The summed E-state index contributed by atoms with van der Waals surface area (Å²) in [6.07, 6.45) is 8.33. The molecule has 2 aliphatic rings. The van der Waals surface area contributed by atoms with Crippen LogP contribution < -0.4 is 10.2 Å². The fourth-order valence-electron chi connectivity index (χ4n) is 5.34. The van der Waals surface area contributed by atoms with Crippen molar-refractivity contribution < 1.29 is 28.8 Å². The van der Waals surface area contributed by atoms with Crippen molar-refractivity contribution in [1.29, 1.82) is 0 Å². The van der Waals surface area contributed by atoms with Gasteiger partial charge in [-0.3, -0.25) is 24.0 Å². The monoisotopic (exact) mass is 603 g/mol. The number of amides is 4. The molecule has 236 valence electrons. The average Bonchev–Trinajstić information content (AvgIpc) is 3.30. The van der Waals surface area contributed by atoms with Crippen molar-refractivity contribution in [3.05, 3.63) is 65.2 Å². The largest absolute Gasteiger partial charge is 0.375 e. The maximum Gasteiger partial charge on any atom is 0.253 e. The Morgan fingerprint density at radius 1 is 0.932 bits per heavy atom. The predicted octanol–water partition coefficient (Wildman–Crippen LogP) is 5.67. The van der Waals surface area contributed by atoms with E-state index in [2.05, 4.69) is 29.6 Å². The van der Waals surface area contributed by atoms with E-state index in [1.807, 2.05) is 62.1 Å². The number of nitrogens with one attached hydrogen (secondary N) is 1. The van der Waals surface area contributed by atoms with Crippen molar-refractivity contribution in [2.45, 2.75) is 84.3 Å². The molecule has 9 heteroatoms. The summed E-state index contributed by atoms with van der Waals surface area (Å²) in [5.41, 5.74) is 3.57. The van der Waals surface area contributed by atoms with Gasteiger partial charge in [0.25, 0.3) is 11.8 Å². The van der Waals surface area contributed by atoms with Gasteiger partial charge in [0.2, 0.25) is 11.8 Å². The second-order valence-corrected chi connectivity index (χ2v) is 12.3. The van der Waals surface area contributed by atoms with E-state index in [9.17, 15) is 19.2 Å². The molecule has 1 N–H and O–H groups in total. The topological polar surface area (TPSA) is 105 Å². The molecule has 2 aromatic carbocycles. The fourth-order valence-corrected chi connectivity index (χ4v) is 5.34. The lowest BCUT2D eigenvalue weighted by atomic mass is 10.0. The van der Waals surface area contributed by atoms with Crippen LogP contribution in [0.3, 0.4) is 0 Å². The molecule has 0 aromatic heterocycles. The molecule has 4 amide bonds. The molecule has 1 unspecified atom stereocenters. The van der Waals surface area contributed by atoms with Gasteiger partial charge in [-0.1, -0.05) is 68.0 Å². The van der Waals surface area contributed by atoms with E-state index in [-0.39, 0.29) is 55.4 Å². The van der Waals surface area contributed by atoms with E-state index in [1.165, 1.54) is 0 Å². The second-order valence-electron chi connectivity index (χ2n) is 12.3. The minimum absolute atomic E-state index is 0.0718. The van der Waals surface area contributed by atoms with Crippen LogP contribution in [0.2, 0.25) is 0 Å². The number of carbonyl (C=O) groups excluding carboxylic acids is 4. The van der Waals surface area contributed by atoms with Crippen LogP contribution in [-0.2, 0) is 35.3 Å². The zero-order chi connectivity index (χ0) is 31.5. The Bertz CT molecular complexity index is 1340. The maximum absolute atomic E-state index is 13.4. The molecular formula is C35H45N3O6. The van der Waals surface area contributed by atoms with Crippen molar-refractivity contribution in [1.82, 2.24) is 10.4 Å². The maximum atomic E-state index is 13.4. The number of rotatable bonds is 15. The highest BCUT2D eigenvalue weighted by molar-refractivity contribution is 6.00. The van der Waals surface area contributed by atoms with Gasteiger partial charge in [-0.15, -0.1) is 0 Å². The smallest absolute Gasteiger partial charge is 0.253 e. The van der Waals surface area contributed by atoms with Crippen LogP contribution in [0, 0.1) is 5.92 Å². The summed E-state index contributed by atoms with van der Waals surface area (Å²) in [6, 6.07) is 16.2. The quantitative estimate of drug-likeness (QED) is 0.208. The van der Waals surface area contributed by atoms with E-state index in [0.29, 0.717) is 32.5 Å². The van der Waals surface area contributed by atoms with Crippen molar-refractivity contribution in [2.24, 2.45) is 5.92 Å². The molecule has 1 atom stereocenters. The summed E-state index contributed by atoms with van der Waals surface area (Å²) in [6.45, 7) is 7.52. The first-order chi connectivity index (χ1) is 21.1. The number of para-hydroxylation sites is 1. The summed E-state index contributed by atoms with van der Waals surface area (Å²) < 4.78 is 5.97. The Kier molecular flexibility index (Phi) is 11.9. The number of carbonyl (C=O) groups is 4. The van der Waals surface area contributed by atoms with Gasteiger partial charge < -0.3 is 15.0 Å². The Balaban J connectivity index is 1.11. The van der Waals surface area contributed by atoms with E-state index < -0.39 is 5.60 Å². The lowest BCUT2D eigenvalue weighted by Gasteiger charge is -2.27. The van der Waals surface area contributed by atoms with Crippen LogP contribution in [-0.4, -0.2) is 54.1 Å². The van der Waals surface area contributed by atoms with E-state index in [4.69, 9.17) is 9.57 Å².